The molecular formula is C32H29N9O4S. The fourth-order valence-electron chi connectivity index (χ4n) is 5.27. The number of benzene rings is 2. The summed E-state index contributed by atoms with van der Waals surface area (Å²) in [6.45, 7) is 3.14. The fourth-order valence-corrected chi connectivity index (χ4v) is 6.45. The Balaban J connectivity index is 1.48. The van der Waals surface area contributed by atoms with Crippen molar-refractivity contribution in [3.8, 4) is 17.5 Å². The zero-order valence-electron chi connectivity index (χ0n) is 25.0. The van der Waals surface area contributed by atoms with Crippen LogP contribution in [0.1, 0.15) is 47.1 Å². The first-order valence-electron chi connectivity index (χ1n) is 14.2. The second-order valence-electron chi connectivity index (χ2n) is 10.6. The quantitative estimate of drug-likeness (QED) is 0.231. The van der Waals surface area contributed by atoms with Crippen LogP contribution >= 0.6 is 0 Å². The molecule has 5 N–H and O–H groups in total. The van der Waals surface area contributed by atoms with Gasteiger partial charge in [-0.15, -0.1) is 5.10 Å². The second kappa shape index (κ2) is 11.6. The number of carbonyl (C=O) groups excluding carboxylic acids is 1. The van der Waals surface area contributed by atoms with Crippen molar-refractivity contribution in [2.45, 2.75) is 30.3 Å². The molecule has 0 saturated heterocycles. The number of hydrogen-bond donors (Lipinski definition) is 3. The van der Waals surface area contributed by atoms with Crippen LogP contribution in [0.15, 0.2) is 89.1 Å². The van der Waals surface area contributed by atoms with Gasteiger partial charge in [-0.1, -0.05) is 42.2 Å². The molecule has 2 atom stereocenters. The Kier molecular flexibility index (Phi) is 7.64. The molecule has 6 rings (SSSR count). The van der Waals surface area contributed by atoms with Gasteiger partial charge < -0.3 is 16.8 Å². The molecule has 4 heterocycles. The molecule has 6 aromatic rings. The van der Waals surface area contributed by atoms with E-state index in [9.17, 15) is 18.0 Å². The molecule has 13 nitrogen and oxygen atoms in total. The Hall–Kier alpha value is -5.78. The Morgan fingerprint density at radius 1 is 1.02 bits per heavy atom. The van der Waals surface area contributed by atoms with Crippen molar-refractivity contribution in [2.24, 2.45) is 12.8 Å². The number of para-hydroxylation sites is 1. The van der Waals surface area contributed by atoms with Gasteiger partial charge in [0, 0.05) is 36.4 Å². The molecule has 0 aliphatic carbocycles. The molecule has 0 saturated carbocycles. The van der Waals surface area contributed by atoms with E-state index >= 15 is 0 Å². The van der Waals surface area contributed by atoms with Crippen LogP contribution in [0.5, 0.6) is 0 Å². The highest BCUT2D eigenvalue weighted by Crippen LogP contribution is 2.25. The van der Waals surface area contributed by atoms with Gasteiger partial charge in [0.25, 0.3) is 11.5 Å². The number of nitrogen functional groups attached to an aromatic ring is 1. The van der Waals surface area contributed by atoms with E-state index in [4.69, 9.17) is 11.5 Å². The van der Waals surface area contributed by atoms with E-state index in [0.29, 0.717) is 33.4 Å². The third kappa shape index (κ3) is 5.17. The average Bonchev–Trinajstić information content (AvgIpc) is 3.58. The summed E-state index contributed by atoms with van der Waals surface area (Å²) < 4.78 is 30.0. The predicted octanol–water partition coefficient (Wildman–Crippen LogP) is 2.32. The number of fused-ring (bicyclic) bond motifs is 2. The normalized spacial score (nSPS) is 12.9. The van der Waals surface area contributed by atoms with E-state index in [2.05, 4.69) is 32.3 Å². The third-order valence-electron chi connectivity index (χ3n) is 7.51. The number of aryl methyl sites for hydroxylation is 1. The van der Waals surface area contributed by atoms with E-state index in [1.54, 1.807) is 67.8 Å². The fraction of sp³-hybridized carbons (Fsp3) is 0.156. The maximum absolute atomic E-state index is 14.4. The number of sulfone groups is 1. The Bertz CT molecular complexity index is 2380. The van der Waals surface area contributed by atoms with Crippen LogP contribution in [-0.2, 0) is 16.9 Å². The molecule has 14 heteroatoms. The van der Waals surface area contributed by atoms with Crippen LogP contribution in [-0.4, -0.2) is 48.6 Å². The molecule has 0 fully saturated rings. The van der Waals surface area contributed by atoms with Crippen LogP contribution in [0.25, 0.3) is 22.1 Å². The van der Waals surface area contributed by atoms with Crippen molar-refractivity contribution in [2.75, 3.05) is 5.73 Å². The van der Waals surface area contributed by atoms with E-state index in [-0.39, 0.29) is 27.5 Å². The van der Waals surface area contributed by atoms with Gasteiger partial charge in [-0.25, -0.2) is 17.9 Å². The van der Waals surface area contributed by atoms with Crippen LogP contribution in [0.4, 0.5) is 5.82 Å². The smallest absolute Gasteiger partial charge is 0.264 e. The van der Waals surface area contributed by atoms with Crippen molar-refractivity contribution in [3.63, 3.8) is 0 Å². The van der Waals surface area contributed by atoms with E-state index < -0.39 is 27.2 Å². The number of rotatable bonds is 6. The number of anilines is 1. The van der Waals surface area contributed by atoms with Gasteiger partial charge in [-0.05, 0) is 49.6 Å². The summed E-state index contributed by atoms with van der Waals surface area (Å²) in [7, 11) is -2.39. The maximum atomic E-state index is 14.4. The maximum Gasteiger partial charge on any atom is 0.264 e. The second-order valence-corrected chi connectivity index (χ2v) is 12.9. The van der Waals surface area contributed by atoms with Gasteiger partial charge in [0.05, 0.1) is 23.2 Å². The SMILES string of the molecule is CC(N)S(=O)(=O)c1c(C#Cc2cccc3cc([C@H](C)NC(=O)c4c(N)nn5cccnc45)n(-c4ccccc4)c(=O)c23)cnn1C. The Labute approximate surface area is 263 Å². The number of nitrogens with one attached hydrogen (secondary N) is 1. The summed E-state index contributed by atoms with van der Waals surface area (Å²) in [6, 6.07) is 17.0. The largest absolute Gasteiger partial charge is 0.381 e. The molecule has 232 valence electrons. The molecule has 4 aromatic heterocycles. The molecule has 1 unspecified atom stereocenters. The highest BCUT2D eigenvalue weighted by molar-refractivity contribution is 7.92. The zero-order chi connectivity index (χ0) is 32.7. The molecular weight excluding hydrogens is 606 g/mol. The Morgan fingerprint density at radius 2 is 1.76 bits per heavy atom. The van der Waals surface area contributed by atoms with Crippen molar-refractivity contribution in [1.29, 1.82) is 0 Å². The molecule has 0 spiro atoms. The van der Waals surface area contributed by atoms with Crippen molar-refractivity contribution >= 4 is 38.0 Å². The first kappa shape index (κ1) is 30.3. The van der Waals surface area contributed by atoms with Crippen molar-refractivity contribution in [1.82, 2.24) is 34.3 Å². The first-order chi connectivity index (χ1) is 22.0. The molecule has 0 radical (unpaired) electrons. The van der Waals surface area contributed by atoms with Gasteiger partial charge in [-0.2, -0.15) is 5.10 Å². The molecule has 0 bridgehead atoms. The average molecular weight is 636 g/mol. The lowest BCUT2D eigenvalue weighted by Crippen LogP contribution is -2.32. The van der Waals surface area contributed by atoms with Crippen molar-refractivity contribution in [3.05, 3.63) is 112 Å². The van der Waals surface area contributed by atoms with Gasteiger partial charge in [0.15, 0.2) is 16.5 Å². The molecule has 1 amide bonds. The summed E-state index contributed by atoms with van der Waals surface area (Å²) in [5.74, 6) is 5.40. The number of aromatic nitrogens is 6. The topological polar surface area (TPSA) is 185 Å². The molecule has 0 aliphatic heterocycles. The highest BCUT2D eigenvalue weighted by atomic mass is 32.2. The van der Waals surface area contributed by atoms with Gasteiger partial charge in [0.2, 0.25) is 9.84 Å². The number of carbonyl (C=O) groups is 1. The standard InChI is InChI=1S/C32H29N9O4S/c1-19(37-30(42)27-28(34)38-40-16-8-15-35-29(27)40)25-17-22-10-7-9-21(26(22)31(43)41(25)24-11-5-4-6-12-24)13-14-23-18-36-39(3)32(23)46(44,45)20(2)33/h4-12,15-20H,33H2,1-3H3,(H2,34,38)(H,37,42)/t19-,20?/m0/s1. The monoisotopic (exact) mass is 635 g/mol. The summed E-state index contributed by atoms with van der Waals surface area (Å²) in [6.07, 6.45) is 4.53. The van der Waals surface area contributed by atoms with Crippen LogP contribution in [0.2, 0.25) is 0 Å². The minimum atomic E-state index is -3.89. The van der Waals surface area contributed by atoms with Crippen molar-refractivity contribution < 1.29 is 13.2 Å². The molecule has 2 aromatic carbocycles. The minimum absolute atomic E-state index is 0.0241. The highest BCUT2D eigenvalue weighted by Gasteiger charge is 2.27. The van der Waals surface area contributed by atoms with Crippen LogP contribution in [0.3, 0.4) is 0 Å². The summed E-state index contributed by atoms with van der Waals surface area (Å²) in [5, 5.41) is 10.8. The summed E-state index contributed by atoms with van der Waals surface area (Å²) in [5.41, 5.74) is 13.5. The zero-order valence-corrected chi connectivity index (χ0v) is 25.9. The van der Waals surface area contributed by atoms with Gasteiger partial charge in [0.1, 0.15) is 10.9 Å². The lowest BCUT2D eigenvalue weighted by Gasteiger charge is -2.21. The van der Waals surface area contributed by atoms with Crippen LogP contribution < -0.4 is 22.3 Å². The summed E-state index contributed by atoms with van der Waals surface area (Å²) in [4.78, 5) is 32.1. The van der Waals surface area contributed by atoms with Crippen LogP contribution in [0, 0.1) is 11.8 Å². The molecule has 0 aliphatic rings. The lowest BCUT2D eigenvalue weighted by molar-refractivity contribution is 0.0941. The third-order valence-corrected chi connectivity index (χ3v) is 9.51. The number of nitrogens with two attached hydrogens (primary N) is 2. The lowest BCUT2D eigenvalue weighted by atomic mass is 10.0. The van der Waals surface area contributed by atoms with Gasteiger partial charge >= 0.3 is 0 Å². The summed E-state index contributed by atoms with van der Waals surface area (Å²) >= 11 is 0. The number of nitrogens with zero attached hydrogens (tertiary/aromatic N) is 6. The van der Waals surface area contributed by atoms with E-state index in [1.807, 2.05) is 12.1 Å². The van der Waals surface area contributed by atoms with E-state index in [0.717, 1.165) is 0 Å². The predicted molar refractivity (Wildman–Crippen MR) is 173 cm³/mol. The van der Waals surface area contributed by atoms with Gasteiger partial charge in [-0.3, -0.25) is 18.8 Å². The number of amides is 1. The number of pyridine rings is 1. The minimum Gasteiger partial charge on any atom is -0.381 e. The molecule has 46 heavy (non-hydrogen) atoms. The van der Waals surface area contributed by atoms with E-state index in [1.165, 1.54) is 33.9 Å². The first-order valence-corrected chi connectivity index (χ1v) is 15.7. The number of hydrogen-bond acceptors (Lipinski definition) is 9. The Morgan fingerprint density at radius 3 is 2.50 bits per heavy atom.